The van der Waals surface area contributed by atoms with E-state index in [1.807, 2.05) is 12.1 Å². The van der Waals surface area contributed by atoms with Gasteiger partial charge in [0.05, 0.1) is 26.3 Å². The van der Waals surface area contributed by atoms with Crippen LogP contribution in [0.25, 0.3) is 0 Å². The summed E-state index contributed by atoms with van der Waals surface area (Å²) in [5.41, 5.74) is 3.35. The first kappa shape index (κ1) is 14.8. The molecule has 0 bridgehead atoms. The number of nitrogens with one attached hydrogen (secondary N) is 1. The number of benzene rings is 1. The fourth-order valence-electron chi connectivity index (χ4n) is 2.82. The van der Waals surface area contributed by atoms with Crippen molar-refractivity contribution in [3.8, 4) is 0 Å². The monoisotopic (exact) mass is 304 g/mol. The molecule has 0 spiro atoms. The first-order chi connectivity index (χ1) is 10.6. The maximum atomic E-state index is 12.0. The molecule has 2 aliphatic heterocycles. The molecule has 118 valence electrons. The third kappa shape index (κ3) is 3.22. The van der Waals surface area contributed by atoms with Crippen LogP contribution in [0.5, 0.6) is 0 Å². The van der Waals surface area contributed by atoms with E-state index < -0.39 is 0 Å². The number of hydrogen-bond donors (Lipinski definition) is 1. The van der Waals surface area contributed by atoms with Gasteiger partial charge in [-0.3, -0.25) is 9.69 Å². The molecule has 2 aliphatic rings. The highest BCUT2D eigenvalue weighted by Gasteiger charge is 2.32. The Morgan fingerprint density at radius 1 is 1.32 bits per heavy atom. The molecule has 1 fully saturated rings. The highest BCUT2D eigenvalue weighted by molar-refractivity contribution is 5.90. The van der Waals surface area contributed by atoms with Crippen molar-refractivity contribution in [1.29, 1.82) is 0 Å². The van der Waals surface area contributed by atoms with Gasteiger partial charge in [-0.15, -0.1) is 0 Å². The molecular formula is C16H20N2O4. The van der Waals surface area contributed by atoms with Crippen LogP contribution >= 0.6 is 0 Å². The molecule has 1 saturated heterocycles. The Morgan fingerprint density at radius 2 is 2.09 bits per heavy atom. The van der Waals surface area contributed by atoms with Crippen molar-refractivity contribution in [1.82, 2.24) is 5.32 Å². The van der Waals surface area contributed by atoms with Gasteiger partial charge in [-0.25, -0.2) is 4.79 Å². The highest BCUT2D eigenvalue weighted by Crippen LogP contribution is 2.26. The van der Waals surface area contributed by atoms with Crippen LogP contribution in [0.3, 0.4) is 0 Å². The van der Waals surface area contributed by atoms with E-state index >= 15 is 0 Å². The van der Waals surface area contributed by atoms with E-state index in [1.54, 1.807) is 4.90 Å². The second kappa shape index (κ2) is 6.36. The zero-order chi connectivity index (χ0) is 15.5. The zero-order valence-electron chi connectivity index (χ0n) is 12.6. The maximum Gasteiger partial charge on any atom is 0.414 e. The number of ether oxygens (including phenoxy) is 2. The molecule has 1 aromatic carbocycles. The normalized spacial score (nSPS) is 21.0. The molecular weight excluding hydrogens is 284 g/mol. The van der Waals surface area contributed by atoms with Crippen LogP contribution in [-0.2, 0) is 27.1 Å². The first-order valence-electron chi connectivity index (χ1n) is 7.55. The topological polar surface area (TPSA) is 67.9 Å². The molecule has 2 heterocycles. The van der Waals surface area contributed by atoms with Crippen LogP contribution in [-0.4, -0.2) is 44.4 Å². The van der Waals surface area contributed by atoms with Gasteiger partial charge < -0.3 is 14.8 Å². The van der Waals surface area contributed by atoms with Crippen LogP contribution in [0, 0.1) is 0 Å². The summed E-state index contributed by atoms with van der Waals surface area (Å²) in [6.45, 7) is 3.71. The molecule has 2 amide bonds. The fraction of sp³-hybridized carbons (Fsp3) is 0.500. The molecule has 0 saturated carbocycles. The van der Waals surface area contributed by atoms with Crippen LogP contribution in [0.15, 0.2) is 18.2 Å². The molecule has 1 aromatic rings. The van der Waals surface area contributed by atoms with Gasteiger partial charge in [-0.1, -0.05) is 6.07 Å². The molecule has 6 nitrogen and oxygen atoms in total. The minimum Gasteiger partial charge on any atom is -0.442 e. The van der Waals surface area contributed by atoms with Crippen molar-refractivity contribution in [2.45, 2.75) is 25.9 Å². The predicted octanol–water partition coefficient (Wildman–Crippen LogP) is 1.26. The third-order valence-corrected chi connectivity index (χ3v) is 3.99. The van der Waals surface area contributed by atoms with Crippen LogP contribution in [0.2, 0.25) is 0 Å². The summed E-state index contributed by atoms with van der Waals surface area (Å²) in [7, 11) is 0. The largest absolute Gasteiger partial charge is 0.442 e. The van der Waals surface area contributed by atoms with Crippen molar-refractivity contribution >= 4 is 17.7 Å². The minimum absolute atomic E-state index is 0.125. The summed E-state index contributed by atoms with van der Waals surface area (Å²) in [5, 5.41) is 2.68. The number of rotatable bonds is 3. The number of fused-ring (bicyclic) bond motifs is 1. The Balaban J connectivity index is 1.72. The van der Waals surface area contributed by atoms with Gasteiger partial charge in [-0.05, 0) is 36.1 Å². The summed E-state index contributed by atoms with van der Waals surface area (Å²) in [5.74, 6) is -0.125. The lowest BCUT2D eigenvalue weighted by atomic mass is 10.0. The van der Waals surface area contributed by atoms with Crippen molar-refractivity contribution in [2.75, 3.05) is 31.2 Å². The van der Waals surface area contributed by atoms with Gasteiger partial charge in [0, 0.05) is 12.6 Å². The Hall–Kier alpha value is -2.08. The molecule has 0 aliphatic carbocycles. The standard InChI is InChI=1S/C16H20N2O4/c1-11(19)17-9-15-10-18(16(20)22-15)14-3-2-12-4-6-21-7-5-13(12)8-14/h2-3,8,15H,4-7,9-10H2,1H3,(H,17,19)/t15-/m0/s1. The second-order valence-corrected chi connectivity index (χ2v) is 5.62. The number of hydrogen-bond acceptors (Lipinski definition) is 4. The molecule has 6 heteroatoms. The van der Waals surface area contributed by atoms with Gasteiger partial charge >= 0.3 is 6.09 Å². The van der Waals surface area contributed by atoms with E-state index in [2.05, 4.69) is 11.4 Å². The van der Waals surface area contributed by atoms with E-state index in [1.165, 1.54) is 18.1 Å². The average molecular weight is 304 g/mol. The summed E-state index contributed by atoms with van der Waals surface area (Å²) >= 11 is 0. The minimum atomic E-state index is -0.361. The summed E-state index contributed by atoms with van der Waals surface area (Å²) in [6, 6.07) is 6.06. The zero-order valence-corrected chi connectivity index (χ0v) is 12.6. The number of anilines is 1. The molecule has 1 atom stereocenters. The fourth-order valence-corrected chi connectivity index (χ4v) is 2.82. The Morgan fingerprint density at radius 3 is 2.86 bits per heavy atom. The highest BCUT2D eigenvalue weighted by atomic mass is 16.6. The lowest BCUT2D eigenvalue weighted by Crippen LogP contribution is -2.33. The lowest BCUT2D eigenvalue weighted by molar-refractivity contribution is -0.119. The quantitative estimate of drug-likeness (QED) is 0.913. The summed E-state index contributed by atoms with van der Waals surface area (Å²) < 4.78 is 10.8. The van der Waals surface area contributed by atoms with E-state index in [-0.39, 0.29) is 18.1 Å². The Kier molecular flexibility index (Phi) is 4.29. The smallest absolute Gasteiger partial charge is 0.414 e. The van der Waals surface area contributed by atoms with Crippen molar-refractivity contribution < 1.29 is 19.1 Å². The average Bonchev–Trinajstić information content (AvgIpc) is 2.71. The molecule has 0 radical (unpaired) electrons. The van der Waals surface area contributed by atoms with Crippen molar-refractivity contribution in [2.24, 2.45) is 0 Å². The lowest BCUT2D eigenvalue weighted by Gasteiger charge is -2.15. The van der Waals surface area contributed by atoms with Crippen molar-refractivity contribution in [3.63, 3.8) is 0 Å². The van der Waals surface area contributed by atoms with Gasteiger partial charge in [0.2, 0.25) is 5.91 Å². The second-order valence-electron chi connectivity index (χ2n) is 5.62. The Bertz CT molecular complexity index is 588. The van der Waals surface area contributed by atoms with E-state index in [9.17, 15) is 9.59 Å². The van der Waals surface area contributed by atoms with E-state index in [4.69, 9.17) is 9.47 Å². The predicted molar refractivity (Wildman–Crippen MR) is 81.0 cm³/mol. The number of carbonyl (C=O) groups excluding carboxylic acids is 2. The molecule has 0 aromatic heterocycles. The van der Waals surface area contributed by atoms with E-state index in [0.717, 1.165) is 25.1 Å². The molecule has 1 N–H and O–H groups in total. The van der Waals surface area contributed by atoms with Crippen LogP contribution < -0.4 is 10.2 Å². The van der Waals surface area contributed by atoms with Crippen LogP contribution in [0.1, 0.15) is 18.1 Å². The summed E-state index contributed by atoms with van der Waals surface area (Å²) in [4.78, 5) is 24.6. The first-order valence-corrected chi connectivity index (χ1v) is 7.55. The van der Waals surface area contributed by atoms with Gasteiger partial charge in [0.25, 0.3) is 0 Å². The van der Waals surface area contributed by atoms with Gasteiger partial charge in [0.15, 0.2) is 0 Å². The number of nitrogens with zero attached hydrogens (tertiary/aromatic N) is 1. The third-order valence-electron chi connectivity index (χ3n) is 3.99. The Labute approximate surface area is 129 Å². The number of cyclic esters (lactones) is 1. The van der Waals surface area contributed by atoms with Crippen molar-refractivity contribution in [3.05, 3.63) is 29.3 Å². The van der Waals surface area contributed by atoms with Gasteiger partial charge in [0.1, 0.15) is 6.10 Å². The molecule has 22 heavy (non-hydrogen) atoms. The number of carbonyl (C=O) groups is 2. The van der Waals surface area contributed by atoms with Crippen LogP contribution in [0.4, 0.5) is 10.5 Å². The van der Waals surface area contributed by atoms with E-state index in [0.29, 0.717) is 19.7 Å². The number of amides is 2. The maximum absolute atomic E-state index is 12.0. The van der Waals surface area contributed by atoms with Gasteiger partial charge in [-0.2, -0.15) is 0 Å². The SMILES string of the molecule is CC(=O)NC[C@H]1CN(c2ccc3c(c2)CCOCC3)C(=O)O1. The molecule has 3 rings (SSSR count). The molecule has 0 unspecified atom stereocenters. The summed E-state index contributed by atoms with van der Waals surface area (Å²) in [6.07, 6.45) is 1.10.